The Kier molecular flexibility index (Phi) is 5.04. The van der Waals surface area contributed by atoms with Crippen LogP contribution >= 0.6 is 0 Å². The summed E-state index contributed by atoms with van der Waals surface area (Å²) in [6.07, 6.45) is 0.155. The van der Waals surface area contributed by atoms with Gasteiger partial charge in [0.1, 0.15) is 11.4 Å². The number of carbonyl (C=O) groups excluding carboxylic acids is 1. The minimum atomic E-state index is -1.48. The van der Waals surface area contributed by atoms with Crippen molar-refractivity contribution in [3.63, 3.8) is 0 Å². The van der Waals surface area contributed by atoms with Gasteiger partial charge in [-0.05, 0) is 18.6 Å². The molecule has 3 N–H and O–H groups in total. The molecule has 0 aliphatic rings. The first-order valence-corrected chi connectivity index (χ1v) is 5.19. The van der Waals surface area contributed by atoms with E-state index in [1.165, 1.54) is 12.1 Å². The summed E-state index contributed by atoms with van der Waals surface area (Å²) in [5.74, 6) is -2.42. The number of benzene rings is 1. The van der Waals surface area contributed by atoms with E-state index < -0.39 is 30.1 Å². The molecular weight excluding hydrogens is 246 g/mol. The molecule has 18 heavy (non-hydrogen) atoms. The second-order valence-corrected chi connectivity index (χ2v) is 3.39. The summed E-state index contributed by atoms with van der Waals surface area (Å²) < 4.78 is 25.1. The van der Waals surface area contributed by atoms with Crippen LogP contribution in [0.2, 0.25) is 0 Å². The average Bonchev–Trinajstić information content (AvgIpc) is 2.28. The molecule has 5 nitrogen and oxygen atoms in total. The number of aromatic carboxylic acids is 1. The van der Waals surface area contributed by atoms with Crippen LogP contribution in [0.15, 0.2) is 18.2 Å². The Morgan fingerprint density at radius 1 is 1.33 bits per heavy atom. The van der Waals surface area contributed by atoms with Gasteiger partial charge < -0.3 is 15.7 Å². The lowest BCUT2D eigenvalue weighted by molar-refractivity contribution is 0.0693. The monoisotopic (exact) mass is 258 g/mol. The molecule has 1 aromatic rings. The summed E-state index contributed by atoms with van der Waals surface area (Å²) in [4.78, 5) is 22.1. The van der Waals surface area contributed by atoms with Gasteiger partial charge in [-0.25, -0.2) is 14.0 Å². The van der Waals surface area contributed by atoms with Crippen molar-refractivity contribution < 1.29 is 23.5 Å². The summed E-state index contributed by atoms with van der Waals surface area (Å²) in [5.41, 5.74) is -0.765. The van der Waals surface area contributed by atoms with Crippen LogP contribution in [0.1, 0.15) is 16.8 Å². The molecule has 0 unspecified atom stereocenters. The van der Waals surface area contributed by atoms with E-state index in [2.05, 4.69) is 10.6 Å². The van der Waals surface area contributed by atoms with E-state index in [4.69, 9.17) is 5.11 Å². The maximum atomic E-state index is 13.3. The predicted octanol–water partition coefficient (Wildman–Crippen LogP) is 2.00. The van der Waals surface area contributed by atoms with Gasteiger partial charge in [0.15, 0.2) is 0 Å². The number of carbonyl (C=O) groups is 2. The van der Waals surface area contributed by atoms with Gasteiger partial charge in [0, 0.05) is 6.54 Å². The van der Waals surface area contributed by atoms with Crippen LogP contribution in [-0.2, 0) is 0 Å². The number of nitrogens with one attached hydrogen (secondary N) is 2. The fourth-order valence-corrected chi connectivity index (χ4v) is 1.28. The zero-order valence-corrected chi connectivity index (χ0v) is 9.37. The molecule has 0 radical (unpaired) electrons. The van der Waals surface area contributed by atoms with Gasteiger partial charge in [-0.3, -0.25) is 4.39 Å². The van der Waals surface area contributed by atoms with Gasteiger partial charge in [0.05, 0.1) is 12.4 Å². The van der Waals surface area contributed by atoms with Gasteiger partial charge in [-0.2, -0.15) is 0 Å². The lowest BCUT2D eigenvalue weighted by atomic mass is 10.1. The molecule has 0 fully saturated rings. The number of anilines is 1. The van der Waals surface area contributed by atoms with Gasteiger partial charge in [-0.1, -0.05) is 6.07 Å². The fraction of sp³-hybridized carbons (Fsp3) is 0.273. The first kappa shape index (κ1) is 13.9. The molecule has 98 valence electrons. The fourth-order valence-electron chi connectivity index (χ4n) is 1.28. The Balaban J connectivity index is 2.75. The summed E-state index contributed by atoms with van der Waals surface area (Å²) in [6.45, 7) is -0.458. The number of amides is 2. The van der Waals surface area contributed by atoms with Crippen LogP contribution in [0.3, 0.4) is 0 Å². The Morgan fingerprint density at radius 3 is 2.67 bits per heavy atom. The SMILES string of the molecule is O=C(NCCCF)Nc1cccc(F)c1C(=O)O. The highest BCUT2D eigenvalue weighted by atomic mass is 19.1. The minimum Gasteiger partial charge on any atom is -0.478 e. The number of alkyl halides is 1. The van der Waals surface area contributed by atoms with E-state index in [-0.39, 0.29) is 18.7 Å². The van der Waals surface area contributed by atoms with Crippen molar-refractivity contribution in [3.05, 3.63) is 29.6 Å². The number of hydrogen-bond acceptors (Lipinski definition) is 2. The zero-order valence-electron chi connectivity index (χ0n) is 9.37. The summed E-state index contributed by atoms with van der Waals surface area (Å²) in [5, 5.41) is 13.3. The van der Waals surface area contributed by atoms with Crippen LogP contribution in [0.4, 0.5) is 19.3 Å². The van der Waals surface area contributed by atoms with Crippen molar-refractivity contribution in [3.8, 4) is 0 Å². The smallest absolute Gasteiger partial charge is 0.340 e. The third kappa shape index (κ3) is 3.69. The van der Waals surface area contributed by atoms with Crippen LogP contribution in [0, 0.1) is 5.82 Å². The standard InChI is InChI=1S/C11H12F2N2O3/c12-5-2-6-14-11(18)15-8-4-1-3-7(13)9(8)10(16)17/h1,3-4H,2,5-6H2,(H,16,17)(H2,14,15,18). The van der Waals surface area contributed by atoms with Crippen molar-refractivity contribution in [2.75, 3.05) is 18.5 Å². The summed E-state index contributed by atoms with van der Waals surface area (Å²) in [7, 11) is 0. The highest BCUT2D eigenvalue weighted by molar-refractivity contribution is 6.00. The number of carboxylic acid groups (broad SMARTS) is 1. The number of carboxylic acids is 1. The zero-order chi connectivity index (χ0) is 13.5. The molecule has 0 spiro atoms. The predicted molar refractivity (Wildman–Crippen MR) is 61.0 cm³/mol. The third-order valence-electron chi connectivity index (χ3n) is 2.07. The van der Waals surface area contributed by atoms with Crippen LogP contribution in [0.5, 0.6) is 0 Å². The molecule has 7 heteroatoms. The lowest BCUT2D eigenvalue weighted by Gasteiger charge is -2.09. The van der Waals surface area contributed by atoms with Crippen molar-refractivity contribution in [1.29, 1.82) is 0 Å². The highest BCUT2D eigenvalue weighted by Crippen LogP contribution is 2.18. The first-order chi connectivity index (χ1) is 8.56. The van der Waals surface area contributed by atoms with E-state index in [1.807, 2.05) is 0 Å². The van der Waals surface area contributed by atoms with Crippen molar-refractivity contribution in [1.82, 2.24) is 5.32 Å². The Morgan fingerprint density at radius 2 is 2.06 bits per heavy atom. The number of hydrogen-bond donors (Lipinski definition) is 3. The van der Waals surface area contributed by atoms with Crippen molar-refractivity contribution in [2.24, 2.45) is 0 Å². The van der Waals surface area contributed by atoms with Crippen LogP contribution < -0.4 is 10.6 Å². The molecule has 1 aromatic carbocycles. The van der Waals surface area contributed by atoms with E-state index in [1.54, 1.807) is 0 Å². The maximum absolute atomic E-state index is 13.3. The second-order valence-electron chi connectivity index (χ2n) is 3.39. The van der Waals surface area contributed by atoms with E-state index in [0.717, 1.165) is 6.07 Å². The summed E-state index contributed by atoms with van der Waals surface area (Å²) >= 11 is 0. The van der Waals surface area contributed by atoms with Crippen molar-refractivity contribution in [2.45, 2.75) is 6.42 Å². The molecular formula is C11H12F2N2O3. The van der Waals surface area contributed by atoms with Gasteiger partial charge in [-0.15, -0.1) is 0 Å². The normalized spacial score (nSPS) is 9.89. The number of urea groups is 1. The maximum Gasteiger partial charge on any atom is 0.340 e. The Hall–Kier alpha value is -2.18. The lowest BCUT2D eigenvalue weighted by Crippen LogP contribution is -2.30. The van der Waals surface area contributed by atoms with Gasteiger partial charge >= 0.3 is 12.0 Å². The van der Waals surface area contributed by atoms with Gasteiger partial charge in [0.2, 0.25) is 0 Å². The molecule has 1 rings (SSSR count). The summed E-state index contributed by atoms with van der Waals surface area (Å²) in [6, 6.07) is 2.81. The third-order valence-corrected chi connectivity index (χ3v) is 2.07. The van der Waals surface area contributed by atoms with Crippen LogP contribution in [-0.4, -0.2) is 30.3 Å². The highest BCUT2D eigenvalue weighted by Gasteiger charge is 2.16. The van der Waals surface area contributed by atoms with E-state index >= 15 is 0 Å². The Bertz CT molecular complexity index is 452. The average molecular weight is 258 g/mol. The minimum absolute atomic E-state index is 0.111. The number of halogens is 2. The van der Waals surface area contributed by atoms with Crippen LogP contribution in [0.25, 0.3) is 0 Å². The number of rotatable bonds is 5. The first-order valence-electron chi connectivity index (χ1n) is 5.19. The van der Waals surface area contributed by atoms with E-state index in [9.17, 15) is 18.4 Å². The largest absolute Gasteiger partial charge is 0.478 e. The van der Waals surface area contributed by atoms with Crippen molar-refractivity contribution >= 4 is 17.7 Å². The molecule has 0 saturated carbocycles. The molecule has 0 aliphatic heterocycles. The topological polar surface area (TPSA) is 78.4 Å². The van der Waals surface area contributed by atoms with E-state index in [0.29, 0.717) is 0 Å². The quantitative estimate of drug-likeness (QED) is 0.707. The Labute approximate surface area is 102 Å². The molecule has 0 aromatic heterocycles. The van der Waals surface area contributed by atoms with Gasteiger partial charge in [0.25, 0.3) is 0 Å². The molecule has 0 heterocycles. The molecule has 0 aliphatic carbocycles. The molecule has 0 bridgehead atoms. The molecule has 0 saturated heterocycles. The molecule has 0 atom stereocenters. The second kappa shape index (κ2) is 6.53. The molecule has 2 amide bonds.